The second-order valence-corrected chi connectivity index (χ2v) is 6.40. The molecule has 5 nitrogen and oxygen atoms in total. The SMILES string of the molecule is Cc1nc(S(=O)(=O)NC2CC(Cl)C2)cn1C. The minimum absolute atomic E-state index is 0.0465. The average molecular weight is 264 g/mol. The maximum Gasteiger partial charge on any atom is 0.259 e. The third-order valence-corrected chi connectivity index (χ3v) is 4.51. The predicted molar refractivity (Wildman–Crippen MR) is 60.9 cm³/mol. The van der Waals surface area contributed by atoms with Crippen LogP contribution < -0.4 is 4.72 Å². The highest BCUT2D eigenvalue weighted by Crippen LogP contribution is 2.26. The molecule has 0 aromatic carbocycles. The van der Waals surface area contributed by atoms with Gasteiger partial charge in [0.15, 0.2) is 5.03 Å². The van der Waals surface area contributed by atoms with Gasteiger partial charge in [-0.05, 0) is 19.8 Å². The van der Waals surface area contributed by atoms with Crippen molar-refractivity contribution in [3.63, 3.8) is 0 Å². The molecule has 0 unspecified atom stereocenters. The smallest absolute Gasteiger partial charge is 0.259 e. The van der Waals surface area contributed by atoms with E-state index in [1.54, 1.807) is 18.5 Å². The summed E-state index contributed by atoms with van der Waals surface area (Å²) in [5, 5.41) is 0.170. The van der Waals surface area contributed by atoms with Gasteiger partial charge in [0.25, 0.3) is 10.0 Å². The highest BCUT2D eigenvalue weighted by Gasteiger charge is 2.32. The number of aromatic nitrogens is 2. The van der Waals surface area contributed by atoms with Crippen LogP contribution in [0.25, 0.3) is 0 Å². The Morgan fingerprint density at radius 2 is 2.19 bits per heavy atom. The lowest BCUT2D eigenvalue weighted by molar-refractivity contribution is 0.391. The number of nitrogens with zero attached hydrogens (tertiary/aromatic N) is 2. The van der Waals surface area contributed by atoms with Gasteiger partial charge in [-0.2, -0.15) is 0 Å². The summed E-state index contributed by atoms with van der Waals surface area (Å²) < 4.78 is 28.0. The summed E-state index contributed by atoms with van der Waals surface area (Å²) in [6, 6.07) is -0.0465. The van der Waals surface area contributed by atoms with Crippen molar-refractivity contribution >= 4 is 21.6 Å². The van der Waals surface area contributed by atoms with Gasteiger partial charge in [0.1, 0.15) is 5.82 Å². The molecule has 0 saturated heterocycles. The first-order chi connectivity index (χ1) is 7.38. The number of alkyl halides is 1. The monoisotopic (exact) mass is 263 g/mol. The minimum Gasteiger partial charge on any atom is -0.337 e. The molecule has 0 atom stereocenters. The van der Waals surface area contributed by atoms with Gasteiger partial charge in [-0.25, -0.2) is 18.1 Å². The lowest BCUT2D eigenvalue weighted by Gasteiger charge is -2.30. The van der Waals surface area contributed by atoms with E-state index in [1.165, 1.54) is 6.20 Å². The first-order valence-electron chi connectivity index (χ1n) is 5.05. The molecule has 1 saturated carbocycles. The van der Waals surface area contributed by atoms with Crippen LogP contribution in [0, 0.1) is 6.92 Å². The van der Waals surface area contributed by atoms with Gasteiger partial charge in [0, 0.05) is 24.7 Å². The standard InChI is InChI=1S/C9H14ClN3O2S/c1-6-11-9(5-13(6)2)16(14,15)12-8-3-7(10)4-8/h5,7-8,12H,3-4H2,1-2H3. The number of sulfonamides is 1. The van der Waals surface area contributed by atoms with Crippen LogP contribution in [-0.4, -0.2) is 29.4 Å². The summed E-state index contributed by atoms with van der Waals surface area (Å²) >= 11 is 5.79. The second-order valence-electron chi connectivity index (χ2n) is 4.12. The Balaban J connectivity index is 2.13. The molecular weight excluding hydrogens is 250 g/mol. The highest BCUT2D eigenvalue weighted by molar-refractivity contribution is 7.89. The fourth-order valence-electron chi connectivity index (χ4n) is 1.58. The number of aryl methyl sites for hydroxylation is 2. The summed E-state index contributed by atoms with van der Waals surface area (Å²) in [7, 11) is -1.72. The van der Waals surface area contributed by atoms with Crippen LogP contribution in [0.15, 0.2) is 11.2 Å². The van der Waals surface area contributed by atoms with Crippen LogP contribution in [0.5, 0.6) is 0 Å². The van der Waals surface area contributed by atoms with E-state index < -0.39 is 10.0 Å². The van der Waals surface area contributed by atoms with Gasteiger partial charge in [0.2, 0.25) is 0 Å². The number of imidazole rings is 1. The minimum atomic E-state index is -3.49. The molecule has 1 aromatic rings. The van der Waals surface area contributed by atoms with Crippen molar-refractivity contribution in [3.8, 4) is 0 Å². The highest BCUT2D eigenvalue weighted by atomic mass is 35.5. The van der Waals surface area contributed by atoms with E-state index in [2.05, 4.69) is 9.71 Å². The fraction of sp³-hybridized carbons (Fsp3) is 0.667. The van der Waals surface area contributed by atoms with Gasteiger partial charge >= 0.3 is 0 Å². The first kappa shape index (κ1) is 11.9. The Kier molecular flexibility index (Phi) is 2.98. The molecule has 1 heterocycles. The van der Waals surface area contributed by atoms with Crippen LogP contribution in [0.4, 0.5) is 0 Å². The lowest BCUT2D eigenvalue weighted by atomic mass is 9.94. The molecule has 90 valence electrons. The van der Waals surface area contributed by atoms with E-state index in [9.17, 15) is 8.42 Å². The van der Waals surface area contributed by atoms with Crippen molar-refractivity contribution in [3.05, 3.63) is 12.0 Å². The Hall–Kier alpha value is -0.590. The fourth-order valence-corrected chi connectivity index (χ4v) is 3.31. The lowest BCUT2D eigenvalue weighted by Crippen LogP contribution is -2.44. The molecule has 1 aromatic heterocycles. The van der Waals surface area contributed by atoms with Gasteiger partial charge in [-0.3, -0.25) is 0 Å². The van der Waals surface area contributed by atoms with Gasteiger partial charge in [0.05, 0.1) is 0 Å². The average Bonchev–Trinajstić information content (AvgIpc) is 2.45. The molecular formula is C9H14ClN3O2S. The normalized spacial score (nSPS) is 25.4. The van der Waals surface area contributed by atoms with Crippen molar-refractivity contribution in [2.24, 2.45) is 7.05 Å². The van der Waals surface area contributed by atoms with E-state index in [4.69, 9.17) is 11.6 Å². The Bertz CT molecular complexity index is 471. The molecule has 2 rings (SSSR count). The van der Waals surface area contributed by atoms with Gasteiger partial charge in [-0.1, -0.05) is 0 Å². The Morgan fingerprint density at radius 1 is 1.56 bits per heavy atom. The molecule has 1 N–H and O–H groups in total. The van der Waals surface area contributed by atoms with E-state index in [0.29, 0.717) is 18.7 Å². The zero-order valence-corrected chi connectivity index (χ0v) is 10.7. The van der Waals surface area contributed by atoms with E-state index in [-0.39, 0.29) is 16.4 Å². The quantitative estimate of drug-likeness (QED) is 0.820. The Morgan fingerprint density at radius 3 is 2.62 bits per heavy atom. The van der Waals surface area contributed by atoms with Crippen LogP contribution >= 0.6 is 11.6 Å². The van der Waals surface area contributed by atoms with E-state index in [0.717, 1.165) is 0 Å². The third kappa shape index (κ3) is 2.23. The molecule has 1 fully saturated rings. The largest absolute Gasteiger partial charge is 0.337 e. The van der Waals surface area contributed by atoms with Crippen LogP contribution in [0.2, 0.25) is 0 Å². The van der Waals surface area contributed by atoms with Crippen molar-refractivity contribution < 1.29 is 8.42 Å². The molecule has 16 heavy (non-hydrogen) atoms. The predicted octanol–water partition coefficient (Wildman–Crippen LogP) is 0.777. The van der Waals surface area contributed by atoms with Crippen LogP contribution in [0.3, 0.4) is 0 Å². The van der Waals surface area contributed by atoms with Crippen molar-refractivity contribution in [2.75, 3.05) is 0 Å². The molecule has 0 spiro atoms. The molecule has 7 heteroatoms. The summed E-state index contributed by atoms with van der Waals surface area (Å²) in [4.78, 5) is 3.99. The van der Waals surface area contributed by atoms with Gasteiger partial charge < -0.3 is 4.57 Å². The summed E-state index contributed by atoms with van der Waals surface area (Å²) in [5.41, 5.74) is 0. The molecule has 0 radical (unpaired) electrons. The number of halogens is 1. The zero-order valence-electron chi connectivity index (χ0n) is 9.14. The number of nitrogens with one attached hydrogen (secondary N) is 1. The van der Waals surface area contributed by atoms with E-state index >= 15 is 0 Å². The summed E-state index contributed by atoms with van der Waals surface area (Å²) in [6.45, 7) is 1.76. The molecule has 0 aliphatic heterocycles. The molecule has 1 aliphatic rings. The number of hydrogen-bond acceptors (Lipinski definition) is 3. The van der Waals surface area contributed by atoms with Gasteiger partial charge in [-0.15, -0.1) is 11.6 Å². The molecule has 0 bridgehead atoms. The second kappa shape index (κ2) is 4.01. The van der Waals surface area contributed by atoms with Crippen LogP contribution in [-0.2, 0) is 17.1 Å². The zero-order chi connectivity index (χ0) is 11.9. The summed E-state index contributed by atoms with van der Waals surface area (Å²) in [6.07, 6.45) is 2.88. The molecule has 0 amide bonds. The maximum atomic E-state index is 11.9. The summed E-state index contributed by atoms with van der Waals surface area (Å²) in [5.74, 6) is 0.671. The maximum absolute atomic E-state index is 11.9. The number of hydrogen-bond donors (Lipinski definition) is 1. The van der Waals surface area contributed by atoms with Crippen molar-refractivity contribution in [2.45, 2.75) is 36.2 Å². The van der Waals surface area contributed by atoms with Crippen molar-refractivity contribution in [1.82, 2.24) is 14.3 Å². The number of rotatable bonds is 3. The van der Waals surface area contributed by atoms with E-state index in [1.807, 2.05) is 0 Å². The topological polar surface area (TPSA) is 64.0 Å². The molecule has 1 aliphatic carbocycles. The Labute approximate surface area is 99.9 Å². The first-order valence-corrected chi connectivity index (χ1v) is 6.97. The van der Waals surface area contributed by atoms with Crippen molar-refractivity contribution in [1.29, 1.82) is 0 Å². The third-order valence-electron chi connectivity index (χ3n) is 2.76. The van der Waals surface area contributed by atoms with Crippen LogP contribution in [0.1, 0.15) is 18.7 Å².